The zero-order valence-corrected chi connectivity index (χ0v) is 12.5. The lowest BCUT2D eigenvalue weighted by Crippen LogP contribution is -1.98. The largest absolute Gasteiger partial charge is 0.488 e. The second kappa shape index (κ2) is 7.52. The number of hydrogen-bond donors (Lipinski definition) is 1. The van der Waals surface area contributed by atoms with Crippen LogP contribution in [-0.2, 0) is 6.61 Å². The van der Waals surface area contributed by atoms with Gasteiger partial charge in [0.15, 0.2) is 0 Å². The first kappa shape index (κ1) is 15.2. The molecule has 2 aromatic carbocycles. The Balaban J connectivity index is 2.14. The molecule has 2 nitrogen and oxygen atoms in total. The molecule has 0 aliphatic rings. The van der Waals surface area contributed by atoms with Gasteiger partial charge in [0.25, 0.3) is 0 Å². The minimum atomic E-state index is 0.0816. The number of ether oxygens (including phenoxy) is 1. The fraction of sp³-hybridized carbons (Fsp3) is 0.263. The summed E-state index contributed by atoms with van der Waals surface area (Å²) in [5.74, 6) is 6.80. The van der Waals surface area contributed by atoms with Crippen LogP contribution >= 0.6 is 0 Å². The van der Waals surface area contributed by atoms with Gasteiger partial charge < -0.3 is 9.84 Å². The maximum atomic E-state index is 8.81. The lowest BCUT2D eigenvalue weighted by Gasteiger charge is -2.09. The fourth-order valence-corrected chi connectivity index (χ4v) is 2.04. The topological polar surface area (TPSA) is 29.5 Å². The van der Waals surface area contributed by atoms with E-state index in [0.29, 0.717) is 13.0 Å². The zero-order valence-electron chi connectivity index (χ0n) is 12.5. The van der Waals surface area contributed by atoms with E-state index in [1.807, 2.05) is 31.2 Å². The van der Waals surface area contributed by atoms with Gasteiger partial charge in [-0.15, -0.1) is 0 Å². The highest BCUT2D eigenvalue weighted by Gasteiger charge is 2.03. The van der Waals surface area contributed by atoms with Crippen molar-refractivity contribution in [1.82, 2.24) is 0 Å². The third kappa shape index (κ3) is 4.66. The van der Waals surface area contributed by atoms with Gasteiger partial charge in [0.1, 0.15) is 12.4 Å². The summed E-state index contributed by atoms with van der Waals surface area (Å²) < 4.78 is 5.90. The van der Waals surface area contributed by atoms with Crippen LogP contribution in [0.2, 0.25) is 0 Å². The first-order valence-corrected chi connectivity index (χ1v) is 7.08. The van der Waals surface area contributed by atoms with Gasteiger partial charge in [-0.3, -0.25) is 0 Å². The molecule has 0 bridgehead atoms. The molecule has 0 unspecified atom stereocenters. The van der Waals surface area contributed by atoms with E-state index in [-0.39, 0.29) is 6.61 Å². The summed E-state index contributed by atoms with van der Waals surface area (Å²) in [6.45, 7) is 4.71. The maximum absolute atomic E-state index is 8.81. The van der Waals surface area contributed by atoms with Crippen LogP contribution in [0.3, 0.4) is 0 Å². The second-order valence-electron chi connectivity index (χ2n) is 5.05. The quantitative estimate of drug-likeness (QED) is 0.867. The van der Waals surface area contributed by atoms with Crippen LogP contribution in [0.15, 0.2) is 42.5 Å². The summed E-state index contributed by atoms with van der Waals surface area (Å²) in [5, 5.41) is 8.81. The van der Waals surface area contributed by atoms with E-state index in [2.05, 4.69) is 37.0 Å². The molecule has 0 fully saturated rings. The molecular weight excluding hydrogens is 260 g/mol. The van der Waals surface area contributed by atoms with Gasteiger partial charge in [-0.05, 0) is 37.1 Å². The van der Waals surface area contributed by atoms with Crippen molar-refractivity contribution in [2.45, 2.75) is 26.9 Å². The molecule has 2 aromatic rings. The summed E-state index contributed by atoms with van der Waals surface area (Å²) in [4.78, 5) is 0. The van der Waals surface area contributed by atoms with E-state index in [4.69, 9.17) is 9.84 Å². The van der Waals surface area contributed by atoms with E-state index >= 15 is 0 Å². The predicted molar refractivity (Wildman–Crippen MR) is 85.3 cm³/mol. The average molecular weight is 280 g/mol. The molecular formula is C19H20O2. The molecule has 2 rings (SSSR count). The predicted octanol–water partition coefficient (Wildman–Crippen LogP) is 3.62. The van der Waals surface area contributed by atoms with Crippen molar-refractivity contribution in [3.8, 4) is 17.6 Å². The van der Waals surface area contributed by atoms with Crippen LogP contribution in [0.25, 0.3) is 0 Å². The second-order valence-corrected chi connectivity index (χ2v) is 5.05. The van der Waals surface area contributed by atoms with Gasteiger partial charge in [0, 0.05) is 6.42 Å². The number of aliphatic hydroxyl groups is 1. The molecule has 0 radical (unpaired) electrons. The van der Waals surface area contributed by atoms with Crippen molar-refractivity contribution in [2.24, 2.45) is 0 Å². The highest BCUT2D eigenvalue weighted by atomic mass is 16.5. The third-order valence-corrected chi connectivity index (χ3v) is 3.07. The summed E-state index contributed by atoms with van der Waals surface area (Å²) in [7, 11) is 0. The van der Waals surface area contributed by atoms with E-state index in [1.54, 1.807) is 0 Å². The summed E-state index contributed by atoms with van der Waals surface area (Å²) >= 11 is 0. The summed E-state index contributed by atoms with van der Waals surface area (Å²) in [5.41, 5.74) is 4.38. The van der Waals surface area contributed by atoms with E-state index in [9.17, 15) is 0 Å². The minimum Gasteiger partial charge on any atom is -0.488 e. The molecule has 21 heavy (non-hydrogen) atoms. The molecule has 0 amide bonds. The number of hydrogen-bond acceptors (Lipinski definition) is 2. The normalized spacial score (nSPS) is 9.86. The van der Waals surface area contributed by atoms with E-state index in [1.165, 1.54) is 5.56 Å². The molecule has 0 saturated carbocycles. The Labute approximate surface area is 126 Å². The molecule has 2 heteroatoms. The SMILES string of the molecule is Cc1cccc(COc2ccc(C)cc2C#CCCO)c1. The summed E-state index contributed by atoms with van der Waals surface area (Å²) in [6.07, 6.45) is 0.477. The standard InChI is InChI=1S/C19H20O2/c1-15-6-5-7-17(12-15)14-21-19-10-9-16(2)13-18(19)8-3-4-11-20/h5-7,9-10,12-13,20H,4,11,14H2,1-2H3. The Morgan fingerprint density at radius 2 is 1.86 bits per heavy atom. The smallest absolute Gasteiger partial charge is 0.135 e. The van der Waals surface area contributed by atoms with Gasteiger partial charge in [-0.2, -0.15) is 0 Å². The van der Waals surface area contributed by atoms with Gasteiger partial charge in [-0.25, -0.2) is 0 Å². The van der Waals surface area contributed by atoms with E-state index < -0.39 is 0 Å². The monoisotopic (exact) mass is 280 g/mol. The molecule has 0 heterocycles. The Bertz CT molecular complexity index is 663. The lowest BCUT2D eigenvalue weighted by molar-refractivity contribution is 0.304. The first-order valence-electron chi connectivity index (χ1n) is 7.08. The van der Waals surface area contributed by atoms with Gasteiger partial charge >= 0.3 is 0 Å². The third-order valence-electron chi connectivity index (χ3n) is 3.07. The van der Waals surface area contributed by atoms with Crippen molar-refractivity contribution < 1.29 is 9.84 Å². The van der Waals surface area contributed by atoms with Crippen LogP contribution < -0.4 is 4.74 Å². The van der Waals surface area contributed by atoms with Crippen LogP contribution in [0.1, 0.15) is 28.7 Å². The lowest BCUT2D eigenvalue weighted by atomic mass is 10.1. The number of rotatable bonds is 4. The van der Waals surface area contributed by atoms with Crippen molar-refractivity contribution in [1.29, 1.82) is 0 Å². The zero-order chi connectivity index (χ0) is 15.1. The first-order chi connectivity index (χ1) is 10.2. The Morgan fingerprint density at radius 1 is 1.05 bits per heavy atom. The highest BCUT2D eigenvalue weighted by Crippen LogP contribution is 2.20. The van der Waals surface area contributed by atoms with Crippen molar-refractivity contribution in [2.75, 3.05) is 6.61 Å². The molecule has 0 saturated heterocycles. The summed E-state index contributed by atoms with van der Waals surface area (Å²) in [6, 6.07) is 14.3. The van der Waals surface area contributed by atoms with Crippen molar-refractivity contribution >= 4 is 0 Å². The Hall–Kier alpha value is -2.24. The molecule has 0 aliphatic heterocycles. The Kier molecular flexibility index (Phi) is 5.43. The molecule has 0 aliphatic carbocycles. The van der Waals surface area contributed by atoms with Crippen molar-refractivity contribution in [3.05, 3.63) is 64.7 Å². The van der Waals surface area contributed by atoms with Gasteiger partial charge in [0.05, 0.1) is 12.2 Å². The van der Waals surface area contributed by atoms with Crippen LogP contribution in [0.4, 0.5) is 0 Å². The Morgan fingerprint density at radius 3 is 2.62 bits per heavy atom. The molecule has 0 aromatic heterocycles. The van der Waals surface area contributed by atoms with E-state index in [0.717, 1.165) is 22.4 Å². The van der Waals surface area contributed by atoms with Crippen LogP contribution in [-0.4, -0.2) is 11.7 Å². The number of aryl methyl sites for hydroxylation is 2. The molecule has 1 N–H and O–H groups in total. The van der Waals surface area contributed by atoms with Gasteiger partial charge in [-0.1, -0.05) is 47.7 Å². The number of aliphatic hydroxyl groups excluding tert-OH is 1. The number of benzene rings is 2. The fourth-order valence-electron chi connectivity index (χ4n) is 2.04. The molecule has 108 valence electrons. The van der Waals surface area contributed by atoms with Crippen LogP contribution in [0, 0.1) is 25.7 Å². The molecule has 0 atom stereocenters. The van der Waals surface area contributed by atoms with Gasteiger partial charge in [0.2, 0.25) is 0 Å². The molecule has 0 spiro atoms. The van der Waals surface area contributed by atoms with Crippen molar-refractivity contribution in [3.63, 3.8) is 0 Å². The highest BCUT2D eigenvalue weighted by molar-refractivity contribution is 5.48. The van der Waals surface area contributed by atoms with Crippen LogP contribution in [0.5, 0.6) is 5.75 Å². The maximum Gasteiger partial charge on any atom is 0.135 e. The average Bonchev–Trinajstić information content (AvgIpc) is 2.47. The minimum absolute atomic E-state index is 0.0816.